The van der Waals surface area contributed by atoms with E-state index >= 15 is 0 Å². The summed E-state index contributed by atoms with van der Waals surface area (Å²) in [7, 11) is 0.0505. The first-order valence-electron chi connectivity index (χ1n) is 10.6. The monoisotopic (exact) mass is 484 g/mol. The van der Waals surface area contributed by atoms with Gasteiger partial charge in [0.1, 0.15) is 35.5 Å². The predicted octanol–water partition coefficient (Wildman–Crippen LogP) is 4.17. The lowest BCUT2D eigenvalue weighted by atomic mass is 9.92. The van der Waals surface area contributed by atoms with Crippen LogP contribution in [0.25, 0.3) is 44.5 Å². The molecule has 0 aliphatic carbocycles. The second-order valence-electron chi connectivity index (χ2n) is 7.86. The lowest BCUT2D eigenvalue weighted by Crippen LogP contribution is -2.06. The third-order valence-electron chi connectivity index (χ3n) is 5.85. The summed E-state index contributed by atoms with van der Waals surface area (Å²) < 4.78 is 6.14. The fraction of sp³-hybridized carbons (Fsp3) is 0.0400. The van der Waals surface area contributed by atoms with E-state index in [1.54, 1.807) is 6.20 Å². The minimum absolute atomic E-state index is 0.0246. The third-order valence-corrected chi connectivity index (χ3v) is 7.13. The number of H-pyrrole nitrogens is 2. The SMILES string of the molecule is O=CPc1ncc(-c2ccc3c(c2)COc2cc(-c4ccc5nc(PC=O)[nH]c5c4)ccc2-3)[nH]1. The summed E-state index contributed by atoms with van der Waals surface area (Å²) in [5.74, 6) is 0.849. The Kier molecular flexibility index (Phi) is 5.29. The van der Waals surface area contributed by atoms with Gasteiger partial charge in [-0.25, -0.2) is 9.97 Å². The van der Waals surface area contributed by atoms with E-state index in [4.69, 9.17) is 4.74 Å². The number of carbonyl (C=O) groups excluding carboxylic acids is 2. The van der Waals surface area contributed by atoms with Gasteiger partial charge in [-0.15, -0.1) is 0 Å². The lowest BCUT2D eigenvalue weighted by molar-refractivity contribution is 0.302. The molecule has 0 saturated heterocycles. The third kappa shape index (κ3) is 3.73. The van der Waals surface area contributed by atoms with Gasteiger partial charge in [-0.05, 0) is 52.1 Å². The molecule has 1 aliphatic rings. The molecule has 166 valence electrons. The highest BCUT2D eigenvalue weighted by Crippen LogP contribution is 2.41. The van der Waals surface area contributed by atoms with E-state index in [1.165, 1.54) is 0 Å². The highest BCUT2D eigenvalue weighted by molar-refractivity contribution is 7.62. The maximum absolute atomic E-state index is 10.8. The van der Waals surface area contributed by atoms with E-state index in [9.17, 15) is 9.59 Å². The minimum Gasteiger partial charge on any atom is -0.488 e. The van der Waals surface area contributed by atoms with Crippen LogP contribution < -0.4 is 15.9 Å². The Balaban J connectivity index is 1.32. The van der Waals surface area contributed by atoms with Crippen LogP contribution in [0.5, 0.6) is 5.75 Å². The number of aromatic amines is 2. The Morgan fingerprint density at radius 2 is 1.59 bits per heavy atom. The topological polar surface area (TPSA) is 101 Å². The molecule has 2 unspecified atom stereocenters. The van der Waals surface area contributed by atoms with Crippen LogP contribution in [0.1, 0.15) is 5.56 Å². The van der Waals surface area contributed by atoms with E-state index in [2.05, 4.69) is 62.4 Å². The zero-order valence-electron chi connectivity index (χ0n) is 17.8. The maximum atomic E-state index is 10.8. The number of hydrogen-bond acceptors (Lipinski definition) is 5. The van der Waals surface area contributed by atoms with Gasteiger partial charge >= 0.3 is 0 Å². The van der Waals surface area contributed by atoms with Gasteiger partial charge in [-0.1, -0.05) is 30.3 Å². The second-order valence-corrected chi connectivity index (χ2v) is 9.85. The summed E-state index contributed by atoms with van der Waals surface area (Å²) in [5, 5.41) is 0. The first kappa shape index (κ1) is 20.9. The molecule has 0 fully saturated rings. The van der Waals surface area contributed by atoms with E-state index in [-0.39, 0.29) is 17.2 Å². The van der Waals surface area contributed by atoms with Crippen LogP contribution in [0.2, 0.25) is 0 Å². The zero-order chi connectivity index (χ0) is 23.1. The molecule has 0 bridgehead atoms. The molecule has 6 rings (SSSR count). The average molecular weight is 484 g/mol. The normalized spacial score (nSPS) is 12.8. The number of nitrogens with zero attached hydrogens (tertiary/aromatic N) is 2. The number of ether oxygens (including phenoxy) is 1. The number of aromatic nitrogens is 4. The van der Waals surface area contributed by atoms with Crippen LogP contribution in [0.15, 0.2) is 60.8 Å². The van der Waals surface area contributed by atoms with Crippen molar-refractivity contribution < 1.29 is 14.3 Å². The lowest BCUT2D eigenvalue weighted by Gasteiger charge is -2.22. The highest BCUT2D eigenvalue weighted by atomic mass is 31.1. The van der Waals surface area contributed by atoms with Crippen molar-refractivity contribution in [3.05, 3.63) is 66.4 Å². The summed E-state index contributed by atoms with van der Waals surface area (Å²) in [5.41, 5.74) is 10.5. The molecule has 3 aromatic carbocycles. The van der Waals surface area contributed by atoms with Crippen LogP contribution in [0.4, 0.5) is 0 Å². The summed E-state index contributed by atoms with van der Waals surface area (Å²) in [6, 6.07) is 20.3. The minimum atomic E-state index is 0.0246. The Hall–Kier alpha value is -3.66. The van der Waals surface area contributed by atoms with Crippen molar-refractivity contribution in [2.45, 2.75) is 6.61 Å². The molecule has 2 N–H and O–H groups in total. The number of rotatable bonds is 6. The summed E-state index contributed by atoms with van der Waals surface area (Å²) >= 11 is 0. The Morgan fingerprint density at radius 1 is 0.824 bits per heavy atom. The van der Waals surface area contributed by atoms with Crippen LogP contribution in [0.3, 0.4) is 0 Å². The standard InChI is InChI=1S/C25H18N4O3P2/c30-12-33-24-26-10-22(29-24)16-2-4-18-17(7-16)11-32-23-9-15(1-5-19(18)23)14-3-6-20-21(8-14)28-25(27-20)34-13-31/h1-10,12-13,33-34H,11H2,(H,26,29)(H,27,28). The van der Waals surface area contributed by atoms with Crippen molar-refractivity contribution in [2.24, 2.45) is 0 Å². The molecule has 0 saturated carbocycles. The van der Waals surface area contributed by atoms with Crippen LogP contribution in [-0.4, -0.2) is 32.0 Å². The van der Waals surface area contributed by atoms with Gasteiger partial charge in [0.15, 0.2) is 0 Å². The average Bonchev–Trinajstić information content (AvgIpc) is 3.50. The smallest absolute Gasteiger partial charge is 0.146 e. The second kappa shape index (κ2) is 8.60. The van der Waals surface area contributed by atoms with Crippen molar-refractivity contribution >= 4 is 51.4 Å². The molecule has 0 radical (unpaired) electrons. The van der Waals surface area contributed by atoms with E-state index in [1.807, 2.05) is 12.1 Å². The first-order chi connectivity index (χ1) is 16.7. The number of fused-ring (bicyclic) bond motifs is 4. The van der Waals surface area contributed by atoms with Crippen molar-refractivity contribution in [3.8, 4) is 39.3 Å². The fourth-order valence-electron chi connectivity index (χ4n) is 4.25. The Morgan fingerprint density at radius 3 is 2.47 bits per heavy atom. The first-order valence-corrected chi connectivity index (χ1v) is 12.7. The molecule has 7 nitrogen and oxygen atoms in total. The molecule has 34 heavy (non-hydrogen) atoms. The Labute approximate surface area is 197 Å². The summed E-state index contributed by atoms with van der Waals surface area (Å²) in [4.78, 5) is 36.7. The van der Waals surface area contributed by atoms with E-state index < -0.39 is 0 Å². The predicted molar refractivity (Wildman–Crippen MR) is 138 cm³/mol. The van der Waals surface area contributed by atoms with Gasteiger partial charge in [0, 0.05) is 22.7 Å². The van der Waals surface area contributed by atoms with Crippen LogP contribution >= 0.6 is 17.2 Å². The van der Waals surface area contributed by atoms with Crippen molar-refractivity contribution in [1.29, 1.82) is 0 Å². The number of carbonyl (C=O) groups is 2. The van der Waals surface area contributed by atoms with Gasteiger partial charge in [-0.2, -0.15) is 0 Å². The molecule has 9 heteroatoms. The van der Waals surface area contributed by atoms with Crippen molar-refractivity contribution in [2.75, 3.05) is 0 Å². The Bertz CT molecular complexity index is 1570. The molecule has 2 aromatic heterocycles. The molecule has 5 aromatic rings. The summed E-state index contributed by atoms with van der Waals surface area (Å²) in [6.45, 7) is 0.478. The molecule has 1 aliphatic heterocycles. The molecule has 0 amide bonds. The fourth-order valence-corrected chi connectivity index (χ4v) is 5.21. The van der Waals surface area contributed by atoms with E-state index in [0.717, 1.165) is 67.9 Å². The zero-order valence-corrected chi connectivity index (χ0v) is 19.8. The number of hydrogen-bond donors (Lipinski definition) is 2. The van der Waals surface area contributed by atoms with Crippen molar-refractivity contribution in [3.63, 3.8) is 0 Å². The number of benzene rings is 3. The molecule has 3 heterocycles. The van der Waals surface area contributed by atoms with Gasteiger partial charge in [0.2, 0.25) is 0 Å². The largest absolute Gasteiger partial charge is 0.488 e. The van der Waals surface area contributed by atoms with Crippen LogP contribution in [-0.2, 0) is 16.2 Å². The molecule has 0 spiro atoms. The van der Waals surface area contributed by atoms with Gasteiger partial charge in [-0.3, -0.25) is 9.59 Å². The van der Waals surface area contributed by atoms with E-state index in [0.29, 0.717) is 17.7 Å². The quantitative estimate of drug-likeness (QED) is 0.278. The molecule has 2 atom stereocenters. The molecular formula is C25H18N4O3P2. The van der Waals surface area contributed by atoms with Gasteiger partial charge in [0.25, 0.3) is 0 Å². The van der Waals surface area contributed by atoms with Crippen molar-refractivity contribution in [1.82, 2.24) is 19.9 Å². The number of imidazole rings is 2. The van der Waals surface area contributed by atoms with Crippen LogP contribution in [0, 0.1) is 0 Å². The van der Waals surface area contributed by atoms with Gasteiger partial charge in [0.05, 0.1) is 22.9 Å². The summed E-state index contributed by atoms with van der Waals surface area (Å²) in [6.07, 6.45) is 1.76. The molecular weight excluding hydrogens is 466 g/mol. The highest BCUT2D eigenvalue weighted by Gasteiger charge is 2.19. The maximum Gasteiger partial charge on any atom is 0.146 e. The van der Waals surface area contributed by atoms with Gasteiger partial charge < -0.3 is 14.7 Å². The number of nitrogens with one attached hydrogen (secondary N) is 2.